The second-order valence-corrected chi connectivity index (χ2v) is 7.89. The minimum Gasteiger partial charge on any atom is -0.481 e. The summed E-state index contributed by atoms with van der Waals surface area (Å²) < 4.78 is 22.7. The van der Waals surface area contributed by atoms with E-state index >= 15 is 0 Å². The molecule has 0 spiro atoms. The Labute approximate surface area is 112 Å². The summed E-state index contributed by atoms with van der Waals surface area (Å²) in [6, 6.07) is -0.288. The second kappa shape index (κ2) is 4.77. The largest absolute Gasteiger partial charge is 0.481 e. The monoisotopic (exact) mass is 289 g/mol. The zero-order valence-corrected chi connectivity index (χ0v) is 11.9. The van der Waals surface area contributed by atoms with Gasteiger partial charge in [-0.15, -0.1) is 0 Å². The summed E-state index contributed by atoms with van der Waals surface area (Å²) in [6.45, 7) is 1.72. The molecule has 6 nitrogen and oxygen atoms in total. The first-order chi connectivity index (χ1) is 8.70. The Kier molecular flexibility index (Phi) is 3.59. The first-order valence-corrected chi connectivity index (χ1v) is 8.49. The Morgan fingerprint density at radius 1 is 1.32 bits per heavy atom. The Bertz CT molecular complexity index is 496. The van der Waals surface area contributed by atoms with E-state index in [0.717, 1.165) is 19.1 Å². The molecule has 108 valence electrons. The van der Waals surface area contributed by atoms with Crippen molar-refractivity contribution in [3.8, 4) is 0 Å². The Balaban J connectivity index is 2.04. The highest BCUT2D eigenvalue weighted by atomic mass is 32.2. The van der Waals surface area contributed by atoms with Crippen LogP contribution in [0.2, 0.25) is 0 Å². The van der Waals surface area contributed by atoms with Gasteiger partial charge in [0, 0.05) is 18.3 Å². The zero-order chi connectivity index (χ0) is 14.4. The van der Waals surface area contributed by atoms with Gasteiger partial charge in [-0.2, -0.15) is 0 Å². The quantitative estimate of drug-likeness (QED) is 0.750. The van der Waals surface area contributed by atoms with Gasteiger partial charge < -0.3 is 10.0 Å². The van der Waals surface area contributed by atoms with Gasteiger partial charge >= 0.3 is 5.97 Å². The van der Waals surface area contributed by atoms with Crippen LogP contribution in [0.4, 0.5) is 0 Å². The van der Waals surface area contributed by atoms with Crippen LogP contribution in [-0.4, -0.2) is 54.4 Å². The van der Waals surface area contributed by atoms with Crippen molar-refractivity contribution >= 4 is 21.7 Å². The molecule has 0 heterocycles. The average molecular weight is 289 g/mol. The molecule has 0 aliphatic heterocycles. The molecule has 19 heavy (non-hydrogen) atoms. The van der Waals surface area contributed by atoms with Crippen LogP contribution in [-0.2, 0) is 19.4 Å². The van der Waals surface area contributed by atoms with Crippen molar-refractivity contribution in [2.45, 2.75) is 38.3 Å². The molecule has 0 bridgehead atoms. The lowest BCUT2D eigenvalue weighted by molar-refractivity contribution is -0.142. The van der Waals surface area contributed by atoms with Crippen molar-refractivity contribution in [2.75, 3.05) is 12.0 Å². The number of aliphatic carboxylic acids is 1. The molecule has 2 saturated carbocycles. The first kappa shape index (κ1) is 14.3. The SMILES string of the molecule is C[C@H](CS(C)(=O)=O)N(C(=O)[C@@H]1C[C@H]1C(=O)O)C1CC1. The third-order valence-electron chi connectivity index (χ3n) is 3.64. The van der Waals surface area contributed by atoms with Gasteiger partial charge in [-0.25, -0.2) is 8.42 Å². The number of hydrogen-bond donors (Lipinski definition) is 1. The van der Waals surface area contributed by atoms with Crippen molar-refractivity contribution in [2.24, 2.45) is 11.8 Å². The summed E-state index contributed by atoms with van der Waals surface area (Å²) in [5.41, 5.74) is 0. The molecule has 1 amide bonds. The van der Waals surface area contributed by atoms with Crippen LogP contribution in [0.15, 0.2) is 0 Å². The fraction of sp³-hybridized carbons (Fsp3) is 0.833. The van der Waals surface area contributed by atoms with Crippen molar-refractivity contribution in [1.82, 2.24) is 4.90 Å². The molecule has 1 N–H and O–H groups in total. The summed E-state index contributed by atoms with van der Waals surface area (Å²) in [6.07, 6.45) is 3.29. The number of hydrogen-bond acceptors (Lipinski definition) is 4. The molecule has 2 aliphatic carbocycles. The van der Waals surface area contributed by atoms with E-state index in [9.17, 15) is 18.0 Å². The summed E-state index contributed by atoms with van der Waals surface area (Å²) >= 11 is 0. The Morgan fingerprint density at radius 3 is 2.26 bits per heavy atom. The Morgan fingerprint density at radius 2 is 1.89 bits per heavy atom. The maximum atomic E-state index is 12.3. The molecule has 2 aliphatic rings. The molecule has 0 unspecified atom stereocenters. The lowest BCUT2D eigenvalue weighted by atomic mass is 10.2. The third kappa shape index (κ3) is 3.46. The minimum absolute atomic E-state index is 0.0697. The van der Waals surface area contributed by atoms with Crippen LogP contribution in [0, 0.1) is 11.8 Å². The number of carbonyl (C=O) groups excluding carboxylic acids is 1. The van der Waals surface area contributed by atoms with E-state index in [2.05, 4.69) is 0 Å². The third-order valence-corrected chi connectivity index (χ3v) is 4.73. The predicted octanol–water partition coefficient (Wildman–Crippen LogP) is 0.131. The summed E-state index contributed by atoms with van der Waals surface area (Å²) in [4.78, 5) is 24.7. The summed E-state index contributed by atoms with van der Waals surface area (Å²) in [7, 11) is -3.15. The van der Waals surface area contributed by atoms with Crippen LogP contribution in [0.1, 0.15) is 26.2 Å². The lowest BCUT2D eigenvalue weighted by Gasteiger charge is -2.29. The first-order valence-electron chi connectivity index (χ1n) is 6.43. The normalized spacial score (nSPS) is 27.7. The van der Waals surface area contributed by atoms with Crippen molar-refractivity contribution in [3.05, 3.63) is 0 Å². The van der Waals surface area contributed by atoms with E-state index in [1.165, 1.54) is 0 Å². The minimum atomic E-state index is -3.15. The molecule has 3 atom stereocenters. The maximum absolute atomic E-state index is 12.3. The average Bonchev–Trinajstić information content (AvgIpc) is 3.10. The predicted molar refractivity (Wildman–Crippen MR) is 68.3 cm³/mol. The molecule has 0 aromatic carbocycles. The van der Waals surface area contributed by atoms with E-state index in [1.54, 1.807) is 11.8 Å². The second-order valence-electron chi connectivity index (χ2n) is 5.71. The molecular weight excluding hydrogens is 270 g/mol. The fourth-order valence-electron chi connectivity index (χ4n) is 2.56. The number of carboxylic acid groups (broad SMARTS) is 1. The van der Waals surface area contributed by atoms with Gasteiger partial charge in [0.25, 0.3) is 0 Å². The highest BCUT2D eigenvalue weighted by Gasteiger charge is 2.52. The number of rotatable bonds is 6. The van der Waals surface area contributed by atoms with E-state index in [0.29, 0.717) is 6.42 Å². The molecule has 7 heteroatoms. The number of carbonyl (C=O) groups is 2. The fourth-order valence-corrected chi connectivity index (χ4v) is 3.60. The van der Waals surface area contributed by atoms with Crippen LogP contribution >= 0.6 is 0 Å². The van der Waals surface area contributed by atoms with Crippen molar-refractivity contribution in [3.63, 3.8) is 0 Å². The topological polar surface area (TPSA) is 91.8 Å². The van der Waals surface area contributed by atoms with Gasteiger partial charge in [0.2, 0.25) is 5.91 Å². The maximum Gasteiger partial charge on any atom is 0.307 e. The molecule has 0 aromatic heterocycles. The van der Waals surface area contributed by atoms with Crippen LogP contribution in [0.3, 0.4) is 0 Å². The zero-order valence-electron chi connectivity index (χ0n) is 11.1. The van der Waals surface area contributed by atoms with Gasteiger partial charge in [-0.1, -0.05) is 0 Å². The van der Waals surface area contributed by atoms with Crippen molar-refractivity contribution < 1.29 is 23.1 Å². The lowest BCUT2D eigenvalue weighted by Crippen LogP contribution is -2.45. The summed E-state index contributed by atoms with van der Waals surface area (Å²) in [5.74, 6) is -2.24. The number of carboxylic acids is 1. The van der Waals surface area contributed by atoms with Gasteiger partial charge in [-0.05, 0) is 26.2 Å². The van der Waals surface area contributed by atoms with Gasteiger partial charge in [0.05, 0.1) is 17.6 Å². The van der Waals surface area contributed by atoms with E-state index in [1.807, 2.05) is 0 Å². The molecule has 2 rings (SSSR count). The highest BCUT2D eigenvalue weighted by Crippen LogP contribution is 2.42. The Hall–Kier alpha value is -1.11. The molecular formula is C12H19NO5S. The van der Waals surface area contributed by atoms with E-state index < -0.39 is 27.6 Å². The van der Waals surface area contributed by atoms with Crippen LogP contribution in [0.25, 0.3) is 0 Å². The number of sulfone groups is 1. The number of amides is 1. The van der Waals surface area contributed by atoms with E-state index in [-0.39, 0.29) is 23.7 Å². The molecule has 0 aromatic rings. The molecule has 0 radical (unpaired) electrons. The van der Waals surface area contributed by atoms with Gasteiger partial charge in [0.15, 0.2) is 0 Å². The standard InChI is InChI=1S/C12H19NO5S/c1-7(6-19(2,17)18)13(8-3-4-8)11(14)9-5-10(9)12(15)16/h7-10H,3-6H2,1-2H3,(H,15,16)/t7-,9-,10-/m1/s1. The van der Waals surface area contributed by atoms with Gasteiger partial charge in [0.1, 0.15) is 9.84 Å². The smallest absolute Gasteiger partial charge is 0.307 e. The molecule has 0 saturated heterocycles. The van der Waals surface area contributed by atoms with Crippen LogP contribution < -0.4 is 0 Å². The van der Waals surface area contributed by atoms with E-state index in [4.69, 9.17) is 5.11 Å². The molecule has 2 fully saturated rings. The number of nitrogens with zero attached hydrogens (tertiary/aromatic N) is 1. The van der Waals surface area contributed by atoms with Crippen molar-refractivity contribution in [1.29, 1.82) is 0 Å². The highest BCUT2D eigenvalue weighted by molar-refractivity contribution is 7.90. The van der Waals surface area contributed by atoms with Crippen LogP contribution in [0.5, 0.6) is 0 Å². The van der Waals surface area contributed by atoms with Gasteiger partial charge in [-0.3, -0.25) is 9.59 Å². The summed E-state index contributed by atoms with van der Waals surface area (Å²) in [5, 5.41) is 8.87.